The van der Waals surface area contributed by atoms with E-state index in [1.54, 1.807) is 12.4 Å². The molecule has 22 heavy (non-hydrogen) atoms. The minimum atomic E-state index is -0.238. The van der Waals surface area contributed by atoms with Crippen molar-refractivity contribution < 1.29 is 4.79 Å². The molecule has 0 bridgehead atoms. The molecule has 0 saturated carbocycles. The van der Waals surface area contributed by atoms with Crippen molar-refractivity contribution in [1.29, 1.82) is 0 Å². The van der Waals surface area contributed by atoms with Gasteiger partial charge in [-0.1, -0.05) is 0 Å². The maximum atomic E-state index is 11.4. The molecule has 1 atom stereocenters. The van der Waals surface area contributed by atoms with Crippen LogP contribution in [-0.2, 0) is 4.79 Å². The number of nitrogens with two attached hydrogens (primary N) is 1. The molecule has 6 nitrogen and oxygen atoms in total. The Bertz CT molecular complexity index is 701. The highest BCUT2D eigenvalue weighted by Crippen LogP contribution is 2.28. The molecule has 0 spiro atoms. The zero-order valence-electron chi connectivity index (χ0n) is 12.8. The van der Waals surface area contributed by atoms with Crippen molar-refractivity contribution in [1.82, 2.24) is 15.0 Å². The molecule has 3 heterocycles. The molecule has 1 saturated heterocycles. The number of pyridine rings is 1. The van der Waals surface area contributed by atoms with Crippen LogP contribution in [0.15, 0.2) is 24.5 Å². The second-order valence-electron chi connectivity index (χ2n) is 5.66. The molecule has 1 aliphatic rings. The Hall–Kier alpha value is -2.50. The third-order valence-electron chi connectivity index (χ3n) is 4.17. The van der Waals surface area contributed by atoms with Gasteiger partial charge in [-0.2, -0.15) is 0 Å². The third-order valence-corrected chi connectivity index (χ3v) is 4.17. The topological polar surface area (TPSA) is 85.0 Å². The Labute approximate surface area is 129 Å². The van der Waals surface area contributed by atoms with Crippen molar-refractivity contribution in [2.24, 2.45) is 11.7 Å². The molecule has 6 heteroatoms. The number of amides is 1. The number of aryl methyl sites for hydroxylation is 1. The summed E-state index contributed by atoms with van der Waals surface area (Å²) in [7, 11) is 0. The van der Waals surface area contributed by atoms with E-state index in [4.69, 9.17) is 10.7 Å². The molecule has 3 rings (SSSR count). The monoisotopic (exact) mass is 297 g/mol. The van der Waals surface area contributed by atoms with E-state index in [1.807, 2.05) is 26.0 Å². The van der Waals surface area contributed by atoms with Gasteiger partial charge in [0, 0.05) is 42.3 Å². The van der Waals surface area contributed by atoms with Crippen LogP contribution in [-0.4, -0.2) is 33.9 Å². The summed E-state index contributed by atoms with van der Waals surface area (Å²) < 4.78 is 0. The standard InChI is InChI=1S/C16H19N5O/c1-10-11(2)19-15(12-4-3-6-18-8-12)20-16(10)21-7-5-13(9-21)14(17)22/h3-4,6,8,13H,5,7,9H2,1-2H3,(H2,17,22). The van der Waals surface area contributed by atoms with Crippen LogP contribution in [0.3, 0.4) is 0 Å². The van der Waals surface area contributed by atoms with Crippen molar-refractivity contribution in [2.75, 3.05) is 18.0 Å². The first-order chi connectivity index (χ1) is 10.6. The normalized spacial score (nSPS) is 17.7. The van der Waals surface area contributed by atoms with Crippen LogP contribution < -0.4 is 10.6 Å². The fraction of sp³-hybridized carbons (Fsp3) is 0.375. The van der Waals surface area contributed by atoms with Gasteiger partial charge in [0.25, 0.3) is 0 Å². The lowest BCUT2D eigenvalue weighted by Crippen LogP contribution is -2.28. The van der Waals surface area contributed by atoms with E-state index in [0.29, 0.717) is 12.4 Å². The first kappa shape index (κ1) is 14.4. The van der Waals surface area contributed by atoms with E-state index < -0.39 is 0 Å². The summed E-state index contributed by atoms with van der Waals surface area (Å²) in [4.78, 5) is 26.9. The van der Waals surface area contributed by atoms with Gasteiger partial charge in [-0.25, -0.2) is 9.97 Å². The first-order valence-electron chi connectivity index (χ1n) is 7.36. The first-order valence-corrected chi connectivity index (χ1v) is 7.36. The van der Waals surface area contributed by atoms with Crippen LogP contribution in [0, 0.1) is 19.8 Å². The Balaban J connectivity index is 1.98. The molecule has 2 aromatic rings. The van der Waals surface area contributed by atoms with Crippen LogP contribution >= 0.6 is 0 Å². The molecule has 0 aromatic carbocycles. The van der Waals surface area contributed by atoms with E-state index in [9.17, 15) is 4.79 Å². The number of hydrogen-bond donors (Lipinski definition) is 1. The highest BCUT2D eigenvalue weighted by molar-refractivity contribution is 5.78. The van der Waals surface area contributed by atoms with Gasteiger partial charge in [0.2, 0.25) is 5.91 Å². The summed E-state index contributed by atoms with van der Waals surface area (Å²) in [6.45, 7) is 5.40. The smallest absolute Gasteiger partial charge is 0.222 e. The van der Waals surface area contributed by atoms with Crippen LogP contribution in [0.5, 0.6) is 0 Å². The quantitative estimate of drug-likeness (QED) is 0.927. The van der Waals surface area contributed by atoms with Crippen molar-refractivity contribution in [2.45, 2.75) is 20.3 Å². The maximum absolute atomic E-state index is 11.4. The van der Waals surface area contributed by atoms with Gasteiger partial charge in [-0.05, 0) is 32.4 Å². The van der Waals surface area contributed by atoms with Gasteiger partial charge >= 0.3 is 0 Å². The van der Waals surface area contributed by atoms with Gasteiger partial charge in [0.05, 0.1) is 5.92 Å². The lowest BCUT2D eigenvalue weighted by molar-refractivity contribution is -0.121. The molecular formula is C16H19N5O. The summed E-state index contributed by atoms with van der Waals surface area (Å²) in [6, 6.07) is 3.81. The lowest BCUT2D eigenvalue weighted by atomic mass is 10.1. The van der Waals surface area contributed by atoms with Gasteiger partial charge in [-0.15, -0.1) is 0 Å². The molecular weight excluding hydrogens is 278 g/mol. The largest absolute Gasteiger partial charge is 0.369 e. The van der Waals surface area contributed by atoms with E-state index in [2.05, 4.69) is 14.9 Å². The van der Waals surface area contributed by atoms with Gasteiger partial charge < -0.3 is 10.6 Å². The number of nitrogens with zero attached hydrogens (tertiary/aromatic N) is 4. The highest BCUT2D eigenvalue weighted by atomic mass is 16.1. The van der Waals surface area contributed by atoms with E-state index in [1.165, 1.54) is 0 Å². The van der Waals surface area contributed by atoms with Crippen LogP contribution in [0.25, 0.3) is 11.4 Å². The Kier molecular flexibility index (Phi) is 3.75. The molecule has 0 radical (unpaired) electrons. The van der Waals surface area contributed by atoms with Crippen molar-refractivity contribution in [3.63, 3.8) is 0 Å². The number of hydrogen-bond acceptors (Lipinski definition) is 5. The number of primary amides is 1. The molecule has 1 unspecified atom stereocenters. The maximum Gasteiger partial charge on any atom is 0.222 e. The average molecular weight is 297 g/mol. The third kappa shape index (κ3) is 2.64. The average Bonchev–Trinajstić information content (AvgIpc) is 3.01. The minimum Gasteiger partial charge on any atom is -0.369 e. The predicted molar refractivity (Wildman–Crippen MR) is 84.3 cm³/mol. The minimum absolute atomic E-state index is 0.100. The van der Waals surface area contributed by atoms with Gasteiger partial charge in [-0.3, -0.25) is 9.78 Å². The second kappa shape index (κ2) is 5.71. The number of anilines is 1. The Morgan fingerprint density at radius 1 is 1.36 bits per heavy atom. The molecule has 114 valence electrons. The van der Waals surface area contributed by atoms with Crippen molar-refractivity contribution in [3.05, 3.63) is 35.8 Å². The van der Waals surface area contributed by atoms with Crippen LogP contribution in [0.4, 0.5) is 5.82 Å². The van der Waals surface area contributed by atoms with Crippen molar-refractivity contribution in [3.8, 4) is 11.4 Å². The Morgan fingerprint density at radius 2 is 2.18 bits per heavy atom. The van der Waals surface area contributed by atoms with E-state index >= 15 is 0 Å². The van der Waals surface area contributed by atoms with Crippen LogP contribution in [0.2, 0.25) is 0 Å². The molecule has 1 amide bonds. The predicted octanol–water partition coefficient (Wildman–Crippen LogP) is 1.47. The van der Waals surface area contributed by atoms with Gasteiger partial charge in [0.15, 0.2) is 5.82 Å². The van der Waals surface area contributed by atoms with Crippen molar-refractivity contribution >= 4 is 11.7 Å². The van der Waals surface area contributed by atoms with Gasteiger partial charge in [0.1, 0.15) is 5.82 Å². The summed E-state index contributed by atoms with van der Waals surface area (Å²) in [6.07, 6.45) is 4.26. The zero-order valence-corrected chi connectivity index (χ0v) is 12.8. The summed E-state index contributed by atoms with van der Waals surface area (Å²) in [5.74, 6) is 1.21. The fourth-order valence-electron chi connectivity index (χ4n) is 2.73. The molecule has 1 fully saturated rings. The second-order valence-corrected chi connectivity index (χ2v) is 5.66. The SMILES string of the molecule is Cc1nc(-c2cccnc2)nc(N2CCC(C(N)=O)C2)c1C. The summed E-state index contributed by atoms with van der Waals surface area (Å²) in [5.41, 5.74) is 8.28. The Morgan fingerprint density at radius 3 is 2.82 bits per heavy atom. The van der Waals surface area contributed by atoms with Crippen LogP contribution in [0.1, 0.15) is 17.7 Å². The number of aromatic nitrogens is 3. The zero-order chi connectivity index (χ0) is 15.7. The molecule has 2 N–H and O–H groups in total. The number of carbonyl (C=O) groups excluding carboxylic acids is 1. The molecule has 2 aromatic heterocycles. The number of rotatable bonds is 3. The summed E-state index contributed by atoms with van der Waals surface area (Å²) in [5, 5.41) is 0. The number of carbonyl (C=O) groups is 1. The lowest BCUT2D eigenvalue weighted by Gasteiger charge is -2.21. The van der Waals surface area contributed by atoms with E-state index in [-0.39, 0.29) is 11.8 Å². The highest BCUT2D eigenvalue weighted by Gasteiger charge is 2.29. The van der Waals surface area contributed by atoms with E-state index in [0.717, 1.165) is 35.6 Å². The summed E-state index contributed by atoms with van der Waals surface area (Å²) >= 11 is 0. The molecule has 1 aliphatic heterocycles. The molecule has 0 aliphatic carbocycles. The fourth-order valence-corrected chi connectivity index (χ4v) is 2.73.